The van der Waals surface area contributed by atoms with Crippen LogP contribution in [0.25, 0.3) is 0 Å². The van der Waals surface area contributed by atoms with E-state index in [1.807, 2.05) is 6.92 Å². The van der Waals surface area contributed by atoms with Gasteiger partial charge in [-0.15, -0.1) is 11.8 Å². The summed E-state index contributed by atoms with van der Waals surface area (Å²) in [6, 6.07) is 0. The third-order valence-electron chi connectivity index (χ3n) is 5.63. The van der Waals surface area contributed by atoms with E-state index in [1.165, 1.54) is 32.1 Å². The van der Waals surface area contributed by atoms with Gasteiger partial charge in [0.25, 0.3) is 0 Å². The molecule has 3 saturated carbocycles. The molecule has 4 heteroatoms. The van der Waals surface area contributed by atoms with Gasteiger partial charge in [-0.1, -0.05) is 32.6 Å². The molecule has 3 nitrogen and oxygen atoms in total. The predicted octanol–water partition coefficient (Wildman–Crippen LogP) is 2.99. The van der Waals surface area contributed by atoms with Crippen molar-refractivity contribution in [3.63, 3.8) is 0 Å². The number of fused-ring (bicyclic) bond motifs is 1. The summed E-state index contributed by atoms with van der Waals surface area (Å²) in [5.41, 5.74) is 0. The second-order valence-electron chi connectivity index (χ2n) is 7.04. The minimum Gasteiger partial charge on any atom is -0.392 e. The topological polar surface area (TPSA) is 54.4 Å². The second kappa shape index (κ2) is 6.41. The Balaban J connectivity index is 1.76. The van der Waals surface area contributed by atoms with E-state index in [0.717, 1.165) is 12.8 Å². The summed E-state index contributed by atoms with van der Waals surface area (Å²) in [7, 11) is 0. The van der Waals surface area contributed by atoms with Gasteiger partial charge in [0.05, 0.1) is 17.3 Å². The van der Waals surface area contributed by atoms with Crippen LogP contribution < -0.4 is 0 Å². The number of Topliss-reactive ketones (excluding diaryl/α,β-unsaturated/α-hetero) is 2. The fourth-order valence-corrected chi connectivity index (χ4v) is 6.08. The Bertz CT molecular complexity index is 416. The van der Waals surface area contributed by atoms with Crippen molar-refractivity contribution in [1.29, 1.82) is 0 Å². The maximum Gasteiger partial charge on any atom is 0.152 e. The second-order valence-corrected chi connectivity index (χ2v) is 8.49. The summed E-state index contributed by atoms with van der Waals surface area (Å²) in [4.78, 5) is 25.5. The van der Waals surface area contributed by atoms with Crippen LogP contribution in [0.1, 0.15) is 58.3 Å². The largest absolute Gasteiger partial charge is 0.392 e. The SMILES string of the molecule is CC1C(=O)C2CCCC(O)C2C(=O)C1SC1CCCCC1. The van der Waals surface area contributed by atoms with Gasteiger partial charge >= 0.3 is 0 Å². The number of hydrogen-bond donors (Lipinski definition) is 1. The van der Waals surface area contributed by atoms with E-state index in [0.29, 0.717) is 11.7 Å². The van der Waals surface area contributed by atoms with E-state index < -0.39 is 12.0 Å². The molecular formula is C17H26O3S. The van der Waals surface area contributed by atoms with Crippen LogP contribution in [-0.2, 0) is 9.59 Å². The van der Waals surface area contributed by atoms with E-state index in [2.05, 4.69) is 0 Å². The molecule has 0 aliphatic heterocycles. The van der Waals surface area contributed by atoms with Crippen molar-refractivity contribution in [2.45, 2.75) is 74.9 Å². The van der Waals surface area contributed by atoms with E-state index in [-0.39, 0.29) is 28.7 Å². The fraction of sp³-hybridized carbons (Fsp3) is 0.882. The zero-order valence-corrected chi connectivity index (χ0v) is 13.6. The molecule has 0 radical (unpaired) electrons. The van der Waals surface area contributed by atoms with Gasteiger partial charge in [-0.3, -0.25) is 9.59 Å². The van der Waals surface area contributed by atoms with Crippen LogP contribution >= 0.6 is 11.8 Å². The fourth-order valence-electron chi connectivity index (χ4n) is 4.40. The molecule has 5 unspecified atom stereocenters. The molecule has 3 rings (SSSR count). The zero-order chi connectivity index (χ0) is 15.0. The van der Waals surface area contributed by atoms with Crippen molar-refractivity contribution in [2.24, 2.45) is 17.8 Å². The molecule has 3 aliphatic carbocycles. The number of carbonyl (C=O) groups is 2. The molecule has 1 N–H and O–H groups in total. The average Bonchev–Trinajstić information content (AvgIpc) is 2.50. The molecule has 3 aliphatic rings. The van der Waals surface area contributed by atoms with Gasteiger partial charge in [0.1, 0.15) is 5.78 Å². The van der Waals surface area contributed by atoms with Crippen molar-refractivity contribution in [1.82, 2.24) is 0 Å². The Labute approximate surface area is 131 Å². The molecule has 0 aromatic rings. The molecule has 0 heterocycles. The normalized spacial score (nSPS) is 41.9. The van der Waals surface area contributed by atoms with Gasteiger partial charge in [-0.05, 0) is 25.7 Å². The van der Waals surface area contributed by atoms with Crippen LogP contribution in [-0.4, -0.2) is 33.3 Å². The van der Waals surface area contributed by atoms with Crippen LogP contribution in [0.15, 0.2) is 0 Å². The number of hydrogen-bond acceptors (Lipinski definition) is 4. The maximum atomic E-state index is 12.9. The molecule has 5 atom stereocenters. The molecule has 0 aromatic carbocycles. The van der Waals surface area contributed by atoms with Gasteiger partial charge in [-0.25, -0.2) is 0 Å². The van der Waals surface area contributed by atoms with Gasteiger partial charge < -0.3 is 5.11 Å². The molecule has 21 heavy (non-hydrogen) atoms. The lowest BCUT2D eigenvalue weighted by Crippen LogP contribution is -2.54. The molecular weight excluding hydrogens is 284 g/mol. The Hall–Kier alpha value is -0.350. The molecule has 3 fully saturated rings. The first-order chi connectivity index (χ1) is 10.1. The standard InChI is InChI=1S/C17H26O3S/c1-10-15(19)12-8-5-9-13(18)14(12)16(20)17(10)21-11-6-3-2-4-7-11/h10-14,17-18H,2-9H2,1H3. The van der Waals surface area contributed by atoms with E-state index in [9.17, 15) is 14.7 Å². The number of ketones is 2. The van der Waals surface area contributed by atoms with Gasteiger partial charge in [0.2, 0.25) is 0 Å². The van der Waals surface area contributed by atoms with Crippen LogP contribution in [0.4, 0.5) is 0 Å². The Morgan fingerprint density at radius 3 is 2.38 bits per heavy atom. The Kier molecular flexibility index (Phi) is 4.75. The average molecular weight is 310 g/mol. The number of thioether (sulfide) groups is 1. The molecule has 0 saturated heterocycles. The molecule has 0 bridgehead atoms. The van der Waals surface area contributed by atoms with Crippen molar-refractivity contribution in [3.8, 4) is 0 Å². The minimum atomic E-state index is -0.595. The van der Waals surface area contributed by atoms with Crippen LogP contribution in [0.5, 0.6) is 0 Å². The predicted molar refractivity (Wildman–Crippen MR) is 84.3 cm³/mol. The highest BCUT2D eigenvalue weighted by Crippen LogP contribution is 2.44. The molecule has 0 aromatic heterocycles. The van der Waals surface area contributed by atoms with Crippen LogP contribution in [0, 0.1) is 17.8 Å². The van der Waals surface area contributed by atoms with Gasteiger partial charge in [0, 0.05) is 17.1 Å². The van der Waals surface area contributed by atoms with Crippen LogP contribution in [0.3, 0.4) is 0 Å². The van der Waals surface area contributed by atoms with E-state index in [4.69, 9.17) is 0 Å². The first kappa shape index (κ1) is 15.5. The number of rotatable bonds is 2. The highest BCUT2D eigenvalue weighted by atomic mass is 32.2. The lowest BCUT2D eigenvalue weighted by Gasteiger charge is -2.43. The molecule has 0 spiro atoms. The summed E-state index contributed by atoms with van der Waals surface area (Å²) in [6.07, 6.45) is 7.88. The van der Waals surface area contributed by atoms with Crippen molar-refractivity contribution in [2.75, 3.05) is 0 Å². The lowest BCUT2D eigenvalue weighted by atomic mass is 9.65. The minimum absolute atomic E-state index is 0.162. The summed E-state index contributed by atoms with van der Waals surface area (Å²) >= 11 is 1.74. The van der Waals surface area contributed by atoms with E-state index in [1.54, 1.807) is 11.8 Å². The quantitative estimate of drug-likeness (QED) is 0.852. The zero-order valence-electron chi connectivity index (χ0n) is 12.8. The third kappa shape index (κ3) is 2.94. The summed E-state index contributed by atoms with van der Waals surface area (Å²) < 4.78 is 0. The lowest BCUT2D eigenvalue weighted by molar-refractivity contribution is -0.148. The number of carbonyl (C=O) groups excluding carboxylic acids is 2. The molecule has 118 valence electrons. The first-order valence-corrected chi connectivity index (χ1v) is 9.45. The Morgan fingerprint density at radius 1 is 0.952 bits per heavy atom. The molecule has 0 amide bonds. The van der Waals surface area contributed by atoms with Crippen LogP contribution in [0.2, 0.25) is 0 Å². The smallest absolute Gasteiger partial charge is 0.152 e. The summed E-state index contributed by atoms with van der Waals surface area (Å²) in [5.74, 6) is -0.402. The number of aliphatic hydroxyl groups is 1. The third-order valence-corrected chi connectivity index (χ3v) is 7.42. The highest BCUT2D eigenvalue weighted by Gasteiger charge is 2.51. The van der Waals surface area contributed by atoms with Crippen molar-refractivity contribution >= 4 is 23.3 Å². The van der Waals surface area contributed by atoms with Gasteiger partial charge in [0.15, 0.2) is 5.78 Å². The monoisotopic (exact) mass is 310 g/mol. The highest BCUT2D eigenvalue weighted by molar-refractivity contribution is 8.01. The summed E-state index contributed by atoms with van der Waals surface area (Å²) in [6.45, 7) is 1.93. The first-order valence-electron chi connectivity index (χ1n) is 8.50. The number of aliphatic hydroxyl groups excluding tert-OH is 1. The van der Waals surface area contributed by atoms with E-state index >= 15 is 0 Å². The maximum absolute atomic E-state index is 12.9. The van der Waals surface area contributed by atoms with Crippen molar-refractivity contribution in [3.05, 3.63) is 0 Å². The summed E-state index contributed by atoms with van der Waals surface area (Å²) in [5, 5.41) is 10.5. The Morgan fingerprint density at radius 2 is 1.67 bits per heavy atom. The van der Waals surface area contributed by atoms with Gasteiger partial charge in [-0.2, -0.15) is 0 Å². The van der Waals surface area contributed by atoms with Crippen molar-refractivity contribution < 1.29 is 14.7 Å².